The zero-order valence-corrected chi connectivity index (χ0v) is 14.3. The van der Waals surface area contributed by atoms with E-state index in [4.69, 9.17) is 4.74 Å². The number of rotatable bonds is 3. The van der Waals surface area contributed by atoms with Crippen molar-refractivity contribution in [2.45, 2.75) is 26.0 Å². The van der Waals surface area contributed by atoms with E-state index in [1.54, 1.807) is 4.90 Å². The first-order valence-electron chi connectivity index (χ1n) is 8.51. The predicted octanol–water partition coefficient (Wildman–Crippen LogP) is 0.715. The van der Waals surface area contributed by atoms with Crippen molar-refractivity contribution in [2.24, 2.45) is 0 Å². The number of ether oxygens (including phenoxy) is 1. The number of nitrogens with one attached hydrogen (secondary N) is 1. The van der Waals surface area contributed by atoms with Gasteiger partial charge in [-0.15, -0.1) is 0 Å². The summed E-state index contributed by atoms with van der Waals surface area (Å²) in [7, 11) is 0. The van der Waals surface area contributed by atoms with Crippen LogP contribution in [0.25, 0.3) is 0 Å². The van der Waals surface area contributed by atoms with E-state index < -0.39 is 0 Å². The highest BCUT2D eigenvalue weighted by Gasteiger charge is 2.32. The van der Waals surface area contributed by atoms with Gasteiger partial charge in [0.2, 0.25) is 11.8 Å². The standard InChI is InChI=1S/C18H25N3O3/c1-13-5-3-4-6-15(13)16-10-21(14(2)12-24-16)18(23)11-20-8-7-19-9-17(20)22/h3-6,14,16,19H,7-12H2,1-2H3/t14-,16-/m0/s1. The maximum absolute atomic E-state index is 12.7. The summed E-state index contributed by atoms with van der Waals surface area (Å²) in [6.07, 6.45) is -0.106. The molecule has 24 heavy (non-hydrogen) atoms. The molecule has 2 aliphatic rings. The van der Waals surface area contributed by atoms with Gasteiger partial charge in [-0.25, -0.2) is 0 Å². The number of hydrogen-bond donors (Lipinski definition) is 1. The Bertz CT molecular complexity index is 619. The summed E-state index contributed by atoms with van der Waals surface area (Å²) in [5.74, 6) is -0.00870. The quantitative estimate of drug-likeness (QED) is 0.886. The Morgan fingerprint density at radius 3 is 2.92 bits per heavy atom. The summed E-state index contributed by atoms with van der Waals surface area (Å²) in [6.45, 7) is 6.90. The van der Waals surface area contributed by atoms with Crippen LogP contribution in [0.2, 0.25) is 0 Å². The molecular formula is C18H25N3O3. The molecule has 0 radical (unpaired) electrons. The van der Waals surface area contributed by atoms with Crippen LogP contribution < -0.4 is 5.32 Å². The molecule has 2 amide bonds. The van der Waals surface area contributed by atoms with Crippen molar-refractivity contribution >= 4 is 11.8 Å². The summed E-state index contributed by atoms with van der Waals surface area (Å²) < 4.78 is 5.96. The highest BCUT2D eigenvalue weighted by Crippen LogP contribution is 2.27. The lowest BCUT2D eigenvalue weighted by Crippen LogP contribution is -2.55. The van der Waals surface area contributed by atoms with E-state index in [-0.39, 0.29) is 30.5 Å². The minimum atomic E-state index is -0.106. The first-order valence-corrected chi connectivity index (χ1v) is 8.51. The van der Waals surface area contributed by atoms with Crippen molar-refractivity contribution in [3.8, 4) is 0 Å². The maximum Gasteiger partial charge on any atom is 0.242 e. The molecule has 1 aromatic carbocycles. The van der Waals surface area contributed by atoms with Gasteiger partial charge >= 0.3 is 0 Å². The van der Waals surface area contributed by atoms with Gasteiger partial charge in [0.15, 0.2) is 0 Å². The second kappa shape index (κ2) is 7.32. The molecule has 0 saturated carbocycles. The molecule has 1 N–H and O–H groups in total. The van der Waals surface area contributed by atoms with Gasteiger partial charge in [0, 0.05) is 13.1 Å². The molecule has 1 aromatic rings. The molecule has 130 valence electrons. The molecule has 6 heteroatoms. The third-order valence-corrected chi connectivity index (χ3v) is 4.80. The van der Waals surface area contributed by atoms with Gasteiger partial charge in [-0.05, 0) is 25.0 Å². The van der Waals surface area contributed by atoms with Crippen LogP contribution in [0, 0.1) is 6.92 Å². The van der Waals surface area contributed by atoms with Gasteiger partial charge in [0.1, 0.15) is 6.10 Å². The van der Waals surface area contributed by atoms with E-state index in [0.717, 1.165) is 12.1 Å². The summed E-state index contributed by atoms with van der Waals surface area (Å²) in [5.41, 5.74) is 2.29. The number of carbonyl (C=O) groups is 2. The topological polar surface area (TPSA) is 61.9 Å². The molecule has 6 nitrogen and oxygen atoms in total. The Hall–Kier alpha value is -1.92. The molecular weight excluding hydrogens is 306 g/mol. The number of piperazine rings is 1. The SMILES string of the molecule is Cc1ccccc1[C@@H]1CN(C(=O)CN2CCNCC2=O)[C@@H](C)CO1. The highest BCUT2D eigenvalue weighted by molar-refractivity contribution is 5.86. The minimum absolute atomic E-state index is 0.000339. The van der Waals surface area contributed by atoms with Gasteiger partial charge in [-0.1, -0.05) is 24.3 Å². The van der Waals surface area contributed by atoms with Gasteiger partial charge in [0.25, 0.3) is 0 Å². The van der Waals surface area contributed by atoms with Crippen LogP contribution in [-0.4, -0.2) is 67.0 Å². The Balaban J connectivity index is 1.68. The number of benzene rings is 1. The summed E-state index contributed by atoms with van der Waals surface area (Å²) in [4.78, 5) is 28.1. The predicted molar refractivity (Wildman–Crippen MR) is 90.5 cm³/mol. The zero-order valence-electron chi connectivity index (χ0n) is 14.3. The number of nitrogens with zero attached hydrogens (tertiary/aromatic N) is 2. The molecule has 2 aliphatic heterocycles. The first kappa shape index (κ1) is 16.9. The average Bonchev–Trinajstić information content (AvgIpc) is 2.58. The first-order chi connectivity index (χ1) is 11.6. The van der Waals surface area contributed by atoms with Crippen LogP contribution in [0.4, 0.5) is 0 Å². The van der Waals surface area contributed by atoms with Crippen molar-refractivity contribution in [3.63, 3.8) is 0 Å². The zero-order chi connectivity index (χ0) is 17.1. The van der Waals surface area contributed by atoms with Crippen molar-refractivity contribution in [3.05, 3.63) is 35.4 Å². The Labute approximate surface area is 142 Å². The molecule has 2 saturated heterocycles. The second-order valence-electron chi connectivity index (χ2n) is 6.57. The molecule has 3 rings (SSSR count). The van der Waals surface area contributed by atoms with E-state index in [9.17, 15) is 9.59 Å². The lowest BCUT2D eigenvalue weighted by molar-refractivity contribution is -0.149. The maximum atomic E-state index is 12.7. The fourth-order valence-electron chi connectivity index (χ4n) is 3.31. The Morgan fingerprint density at radius 2 is 2.17 bits per heavy atom. The Kier molecular flexibility index (Phi) is 5.16. The van der Waals surface area contributed by atoms with Crippen molar-refractivity contribution in [1.29, 1.82) is 0 Å². The van der Waals surface area contributed by atoms with Crippen LogP contribution in [-0.2, 0) is 14.3 Å². The monoisotopic (exact) mass is 331 g/mol. The lowest BCUT2D eigenvalue weighted by Gasteiger charge is -2.40. The van der Waals surface area contributed by atoms with Crippen LogP contribution in [0.3, 0.4) is 0 Å². The lowest BCUT2D eigenvalue weighted by atomic mass is 10.0. The molecule has 0 spiro atoms. The van der Waals surface area contributed by atoms with E-state index >= 15 is 0 Å². The summed E-state index contributed by atoms with van der Waals surface area (Å²) in [5, 5.41) is 3.02. The van der Waals surface area contributed by atoms with Gasteiger partial charge < -0.3 is 19.9 Å². The van der Waals surface area contributed by atoms with Crippen molar-refractivity contribution in [2.75, 3.05) is 39.3 Å². The van der Waals surface area contributed by atoms with Crippen LogP contribution in [0.1, 0.15) is 24.2 Å². The number of hydrogen-bond acceptors (Lipinski definition) is 4. The van der Waals surface area contributed by atoms with Gasteiger partial charge in [-0.2, -0.15) is 0 Å². The fourth-order valence-corrected chi connectivity index (χ4v) is 3.31. The second-order valence-corrected chi connectivity index (χ2v) is 6.57. The minimum Gasteiger partial charge on any atom is -0.370 e. The van der Waals surface area contributed by atoms with Crippen molar-refractivity contribution < 1.29 is 14.3 Å². The van der Waals surface area contributed by atoms with Gasteiger partial charge in [0.05, 0.1) is 32.3 Å². The molecule has 2 atom stereocenters. The largest absolute Gasteiger partial charge is 0.370 e. The molecule has 0 bridgehead atoms. The van der Waals surface area contributed by atoms with E-state index in [1.165, 1.54) is 5.56 Å². The van der Waals surface area contributed by atoms with E-state index in [0.29, 0.717) is 26.2 Å². The number of carbonyl (C=O) groups excluding carboxylic acids is 2. The smallest absolute Gasteiger partial charge is 0.242 e. The van der Waals surface area contributed by atoms with E-state index in [1.807, 2.05) is 24.0 Å². The average molecular weight is 331 g/mol. The molecule has 2 fully saturated rings. The fraction of sp³-hybridized carbons (Fsp3) is 0.556. The summed E-state index contributed by atoms with van der Waals surface area (Å²) >= 11 is 0. The molecule has 0 unspecified atom stereocenters. The van der Waals surface area contributed by atoms with Crippen LogP contribution >= 0.6 is 0 Å². The molecule has 0 aromatic heterocycles. The molecule has 0 aliphatic carbocycles. The molecule has 2 heterocycles. The van der Waals surface area contributed by atoms with Crippen LogP contribution in [0.5, 0.6) is 0 Å². The normalized spacial score (nSPS) is 25.0. The third kappa shape index (κ3) is 3.60. The summed E-state index contributed by atoms with van der Waals surface area (Å²) in [6, 6.07) is 8.13. The highest BCUT2D eigenvalue weighted by atomic mass is 16.5. The van der Waals surface area contributed by atoms with Crippen molar-refractivity contribution in [1.82, 2.24) is 15.1 Å². The third-order valence-electron chi connectivity index (χ3n) is 4.80. The van der Waals surface area contributed by atoms with Crippen LogP contribution in [0.15, 0.2) is 24.3 Å². The van der Waals surface area contributed by atoms with Gasteiger partial charge in [-0.3, -0.25) is 9.59 Å². The van der Waals surface area contributed by atoms with E-state index in [2.05, 4.69) is 24.4 Å². The number of amides is 2. The number of morpholine rings is 1. The Morgan fingerprint density at radius 1 is 1.38 bits per heavy atom. The number of aryl methyl sites for hydroxylation is 1.